The highest BCUT2D eigenvalue weighted by Crippen LogP contribution is 2.27. The Balaban J connectivity index is 1.66. The van der Waals surface area contributed by atoms with E-state index < -0.39 is 0 Å². The summed E-state index contributed by atoms with van der Waals surface area (Å²) in [5.74, 6) is 0.854. The first-order chi connectivity index (χ1) is 11.7. The van der Waals surface area contributed by atoms with Gasteiger partial charge in [-0.05, 0) is 31.0 Å². The molecule has 2 heterocycles. The zero-order valence-corrected chi connectivity index (χ0v) is 14.3. The zero-order valence-electron chi connectivity index (χ0n) is 14.3. The lowest BCUT2D eigenvalue weighted by molar-refractivity contribution is -0.117. The number of nitrogens with zero attached hydrogens (tertiary/aromatic N) is 2. The number of anilines is 1. The number of piperidine rings is 1. The minimum atomic E-state index is 0.0801. The summed E-state index contributed by atoms with van der Waals surface area (Å²) in [6, 6.07) is 9.97. The standard InChI is InChI=1S/C19H24N2O3/c1-15(22)21(18-4-3-5-19(12-18)23-2)17-6-9-20(10-7-17)13-16-8-11-24-14-16/h3-5,8,11-12,14,17H,6-7,9-10,13H2,1-2H3. The van der Waals surface area contributed by atoms with Gasteiger partial charge >= 0.3 is 0 Å². The van der Waals surface area contributed by atoms with Gasteiger partial charge in [0.15, 0.2) is 0 Å². The first kappa shape index (κ1) is 16.6. The van der Waals surface area contributed by atoms with Crippen molar-refractivity contribution >= 4 is 11.6 Å². The summed E-state index contributed by atoms with van der Waals surface area (Å²) in [5, 5.41) is 0. The van der Waals surface area contributed by atoms with Gasteiger partial charge in [-0.25, -0.2) is 0 Å². The molecule has 3 rings (SSSR count). The third kappa shape index (κ3) is 3.79. The molecule has 5 nitrogen and oxygen atoms in total. The lowest BCUT2D eigenvalue weighted by Crippen LogP contribution is -2.46. The summed E-state index contributed by atoms with van der Waals surface area (Å²) in [6.45, 7) is 4.49. The van der Waals surface area contributed by atoms with E-state index in [-0.39, 0.29) is 11.9 Å². The van der Waals surface area contributed by atoms with Crippen LogP contribution in [0.1, 0.15) is 25.3 Å². The van der Waals surface area contributed by atoms with Crippen molar-refractivity contribution in [1.82, 2.24) is 4.90 Å². The van der Waals surface area contributed by atoms with E-state index in [4.69, 9.17) is 9.15 Å². The Morgan fingerprint density at radius 1 is 1.33 bits per heavy atom. The molecule has 1 saturated heterocycles. The molecule has 1 aliphatic rings. The maximum atomic E-state index is 12.2. The molecule has 0 spiro atoms. The first-order valence-corrected chi connectivity index (χ1v) is 8.34. The van der Waals surface area contributed by atoms with Crippen molar-refractivity contribution in [1.29, 1.82) is 0 Å². The Hall–Kier alpha value is -2.27. The van der Waals surface area contributed by atoms with Gasteiger partial charge in [0.2, 0.25) is 5.91 Å². The quantitative estimate of drug-likeness (QED) is 0.845. The van der Waals surface area contributed by atoms with Crippen molar-refractivity contribution < 1.29 is 13.9 Å². The van der Waals surface area contributed by atoms with E-state index in [1.165, 1.54) is 5.56 Å². The summed E-state index contributed by atoms with van der Waals surface area (Å²) in [6.07, 6.45) is 5.44. The van der Waals surface area contributed by atoms with E-state index in [2.05, 4.69) is 4.90 Å². The second-order valence-corrected chi connectivity index (χ2v) is 6.23. The number of benzene rings is 1. The molecule has 0 radical (unpaired) electrons. The highest BCUT2D eigenvalue weighted by Gasteiger charge is 2.27. The molecule has 0 bridgehead atoms. The van der Waals surface area contributed by atoms with Gasteiger partial charge in [-0.2, -0.15) is 0 Å². The minimum Gasteiger partial charge on any atom is -0.497 e. The third-order valence-electron chi connectivity index (χ3n) is 4.58. The SMILES string of the molecule is COc1cccc(N(C(C)=O)C2CCN(Cc3ccoc3)CC2)c1. The predicted molar refractivity (Wildman–Crippen MR) is 93.2 cm³/mol. The number of carbonyl (C=O) groups is 1. The monoisotopic (exact) mass is 328 g/mol. The fraction of sp³-hybridized carbons (Fsp3) is 0.421. The second-order valence-electron chi connectivity index (χ2n) is 6.23. The van der Waals surface area contributed by atoms with Crippen LogP contribution in [0.4, 0.5) is 5.69 Å². The van der Waals surface area contributed by atoms with Gasteiger partial charge in [0.1, 0.15) is 5.75 Å². The number of furan rings is 1. The summed E-state index contributed by atoms with van der Waals surface area (Å²) >= 11 is 0. The van der Waals surface area contributed by atoms with Crippen molar-refractivity contribution in [3.63, 3.8) is 0 Å². The fourth-order valence-corrected chi connectivity index (χ4v) is 3.39. The lowest BCUT2D eigenvalue weighted by atomic mass is 10.0. The topological polar surface area (TPSA) is 45.9 Å². The molecule has 24 heavy (non-hydrogen) atoms. The number of ether oxygens (including phenoxy) is 1. The van der Waals surface area contributed by atoms with E-state index in [0.29, 0.717) is 0 Å². The number of likely N-dealkylation sites (tertiary alicyclic amines) is 1. The normalized spacial score (nSPS) is 16.1. The summed E-state index contributed by atoms with van der Waals surface area (Å²) in [5.41, 5.74) is 2.11. The minimum absolute atomic E-state index is 0.0801. The van der Waals surface area contributed by atoms with Crippen LogP contribution in [-0.2, 0) is 11.3 Å². The maximum Gasteiger partial charge on any atom is 0.224 e. The van der Waals surface area contributed by atoms with E-state index >= 15 is 0 Å². The highest BCUT2D eigenvalue weighted by molar-refractivity contribution is 5.92. The number of carbonyl (C=O) groups excluding carboxylic acids is 1. The third-order valence-corrected chi connectivity index (χ3v) is 4.58. The van der Waals surface area contributed by atoms with E-state index in [9.17, 15) is 4.79 Å². The summed E-state index contributed by atoms with van der Waals surface area (Å²) < 4.78 is 10.4. The van der Waals surface area contributed by atoms with Gasteiger partial charge in [0, 0.05) is 49.9 Å². The van der Waals surface area contributed by atoms with Gasteiger partial charge < -0.3 is 14.1 Å². The molecular weight excluding hydrogens is 304 g/mol. The molecule has 2 aromatic rings. The van der Waals surface area contributed by atoms with Gasteiger partial charge in [-0.1, -0.05) is 6.07 Å². The van der Waals surface area contributed by atoms with Crippen LogP contribution in [0.15, 0.2) is 47.3 Å². The maximum absolute atomic E-state index is 12.2. The summed E-state index contributed by atoms with van der Waals surface area (Å²) in [4.78, 5) is 16.6. The first-order valence-electron chi connectivity index (χ1n) is 8.34. The van der Waals surface area contributed by atoms with Crippen molar-refractivity contribution in [3.05, 3.63) is 48.4 Å². The molecule has 1 aromatic heterocycles. The van der Waals surface area contributed by atoms with Crippen molar-refractivity contribution in [3.8, 4) is 5.75 Å². The van der Waals surface area contributed by atoms with Crippen molar-refractivity contribution in [2.75, 3.05) is 25.1 Å². The molecular formula is C19H24N2O3. The molecule has 1 aliphatic heterocycles. The Morgan fingerprint density at radius 2 is 2.12 bits per heavy atom. The number of rotatable bonds is 5. The van der Waals surface area contributed by atoms with Crippen LogP contribution >= 0.6 is 0 Å². The fourth-order valence-electron chi connectivity index (χ4n) is 3.39. The molecule has 1 aromatic carbocycles. The molecule has 128 valence electrons. The largest absolute Gasteiger partial charge is 0.497 e. The molecule has 1 fully saturated rings. The number of methoxy groups -OCH3 is 1. The molecule has 0 saturated carbocycles. The Morgan fingerprint density at radius 3 is 2.75 bits per heavy atom. The molecule has 1 amide bonds. The van der Waals surface area contributed by atoms with E-state index in [0.717, 1.165) is 43.9 Å². The Kier molecular flexibility index (Phi) is 5.20. The van der Waals surface area contributed by atoms with Crippen LogP contribution < -0.4 is 9.64 Å². The van der Waals surface area contributed by atoms with Gasteiger partial charge in [-0.3, -0.25) is 9.69 Å². The number of hydrogen-bond acceptors (Lipinski definition) is 4. The van der Waals surface area contributed by atoms with Gasteiger partial charge in [-0.15, -0.1) is 0 Å². The van der Waals surface area contributed by atoms with Gasteiger partial charge in [0.05, 0.1) is 19.6 Å². The van der Waals surface area contributed by atoms with E-state index in [1.54, 1.807) is 26.6 Å². The molecule has 5 heteroatoms. The number of hydrogen-bond donors (Lipinski definition) is 0. The number of amides is 1. The van der Waals surface area contributed by atoms with Crippen molar-refractivity contribution in [2.45, 2.75) is 32.4 Å². The zero-order chi connectivity index (χ0) is 16.9. The predicted octanol–water partition coefficient (Wildman–Crippen LogP) is 3.31. The smallest absolute Gasteiger partial charge is 0.224 e. The van der Waals surface area contributed by atoms with Crippen LogP contribution in [-0.4, -0.2) is 37.0 Å². The molecule has 0 atom stereocenters. The van der Waals surface area contributed by atoms with Gasteiger partial charge in [0.25, 0.3) is 0 Å². The lowest BCUT2D eigenvalue weighted by Gasteiger charge is -2.38. The van der Waals surface area contributed by atoms with E-state index in [1.807, 2.05) is 35.2 Å². The van der Waals surface area contributed by atoms with Crippen LogP contribution in [0.5, 0.6) is 5.75 Å². The summed E-state index contributed by atoms with van der Waals surface area (Å²) in [7, 11) is 1.64. The Labute approximate surface area is 142 Å². The molecule has 0 aliphatic carbocycles. The average molecular weight is 328 g/mol. The molecule has 0 N–H and O–H groups in total. The second kappa shape index (κ2) is 7.53. The molecule has 0 unspecified atom stereocenters. The van der Waals surface area contributed by atoms with Crippen molar-refractivity contribution in [2.24, 2.45) is 0 Å². The van der Waals surface area contributed by atoms with Crippen LogP contribution in [0.2, 0.25) is 0 Å². The Bertz CT molecular complexity index is 661. The van der Waals surface area contributed by atoms with Crippen LogP contribution in [0.3, 0.4) is 0 Å². The highest BCUT2D eigenvalue weighted by atomic mass is 16.5. The average Bonchev–Trinajstić information content (AvgIpc) is 3.09. The van der Waals surface area contributed by atoms with Crippen LogP contribution in [0.25, 0.3) is 0 Å². The van der Waals surface area contributed by atoms with Crippen LogP contribution in [0, 0.1) is 0 Å².